The van der Waals surface area contributed by atoms with E-state index in [0.717, 1.165) is 29.9 Å². The van der Waals surface area contributed by atoms with Gasteiger partial charge in [0, 0.05) is 25.0 Å². The minimum absolute atomic E-state index is 0.0130. The highest BCUT2D eigenvalue weighted by atomic mass is 16.3. The normalized spacial score (nSPS) is 12.5. The second-order valence-electron chi connectivity index (χ2n) is 6.16. The summed E-state index contributed by atoms with van der Waals surface area (Å²) < 4.78 is 2.21. The molecule has 0 amide bonds. The van der Waals surface area contributed by atoms with E-state index in [4.69, 9.17) is 0 Å². The van der Waals surface area contributed by atoms with Crippen LogP contribution in [0.3, 0.4) is 0 Å². The molecule has 1 heterocycles. The topological polar surface area (TPSA) is 61.5 Å². The first-order valence-electron chi connectivity index (χ1n) is 7.31. The molecule has 1 aromatic carbocycles. The summed E-state index contributed by atoms with van der Waals surface area (Å²) in [5, 5.41) is 18.7. The van der Waals surface area contributed by atoms with Gasteiger partial charge in [0.2, 0.25) is 0 Å². The van der Waals surface area contributed by atoms with Crippen molar-refractivity contribution in [2.75, 3.05) is 33.4 Å². The SMILES string of the molecule is Cc1nc2ccccc2n1CCN(C)CC(C)(CO)CO. The Labute approximate surface area is 125 Å². The van der Waals surface area contributed by atoms with Crippen LogP contribution in [0.2, 0.25) is 0 Å². The van der Waals surface area contributed by atoms with Crippen LogP contribution in [0.15, 0.2) is 24.3 Å². The molecule has 2 N–H and O–H groups in total. The van der Waals surface area contributed by atoms with E-state index in [1.807, 2.05) is 39.1 Å². The third-order valence-electron chi connectivity index (χ3n) is 3.97. The Morgan fingerprint density at radius 3 is 2.57 bits per heavy atom. The number of imidazole rings is 1. The first-order valence-corrected chi connectivity index (χ1v) is 7.31. The average Bonchev–Trinajstić information content (AvgIpc) is 2.80. The van der Waals surface area contributed by atoms with Crippen LogP contribution >= 0.6 is 0 Å². The highest BCUT2D eigenvalue weighted by Crippen LogP contribution is 2.17. The molecule has 0 aliphatic rings. The summed E-state index contributed by atoms with van der Waals surface area (Å²) in [6.07, 6.45) is 0. The van der Waals surface area contributed by atoms with Crippen LogP contribution in [0.25, 0.3) is 11.0 Å². The number of aliphatic hydroxyl groups is 2. The lowest BCUT2D eigenvalue weighted by Gasteiger charge is -2.30. The zero-order valence-electron chi connectivity index (χ0n) is 13.1. The number of hydrogen-bond donors (Lipinski definition) is 2. The summed E-state index contributed by atoms with van der Waals surface area (Å²) >= 11 is 0. The first-order chi connectivity index (χ1) is 9.99. The molecular formula is C16H25N3O2. The lowest BCUT2D eigenvalue weighted by Crippen LogP contribution is -2.40. The highest BCUT2D eigenvalue weighted by molar-refractivity contribution is 5.75. The van der Waals surface area contributed by atoms with Crippen LogP contribution in [0, 0.1) is 12.3 Å². The number of hydrogen-bond acceptors (Lipinski definition) is 4. The molecular weight excluding hydrogens is 266 g/mol. The molecule has 0 aliphatic carbocycles. The number of benzene rings is 1. The monoisotopic (exact) mass is 291 g/mol. The number of aliphatic hydroxyl groups excluding tert-OH is 2. The maximum absolute atomic E-state index is 9.37. The zero-order chi connectivity index (χ0) is 15.5. The molecule has 0 unspecified atom stereocenters. The van der Waals surface area contributed by atoms with Crippen LogP contribution in [0.1, 0.15) is 12.7 Å². The molecule has 0 bridgehead atoms. The molecule has 21 heavy (non-hydrogen) atoms. The Hall–Kier alpha value is -1.43. The van der Waals surface area contributed by atoms with Gasteiger partial charge < -0.3 is 19.7 Å². The van der Waals surface area contributed by atoms with Gasteiger partial charge in [0.25, 0.3) is 0 Å². The van der Waals surface area contributed by atoms with Gasteiger partial charge in [-0.3, -0.25) is 0 Å². The fourth-order valence-corrected chi connectivity index (χ4v) is 2.63. The van der Waals surface area contributed by atoms with E-state index in [2.05, 4.69) is 20.5 Å². The minimum Gasteiger partial charge on any atom is -0.396 e. The maximum atomic E-state index is 9.37. The highest BCUT2D eigenvalue weighted by Gasteiger charge is 2.24. The second-order valence-corrected chi connectivity index (χ2v) is 6.16. The van der Waals surface area contributed by atoms with E-state index in [-0.39, 0.29) is 13.2 Å². The van der Waals surface area contributed by atoms with E-state index in [1.165, 1.54) is 0 Å². The standard InChI is InChI=1S/C16H25N3O2/c1-13-17-14-6-4-5-7-15(14)19(13)9-8-18(3)10-16(2,11-20)12-21/h4-7,20-21H,8-12H2,1-3H3. The van der Waals surface area contributed by atoms with E-state index < -0.39 is 5.41 Å². The van der Waals surface area contributed by atoms with Crippen molar-refractivity contribution in [2.45, 2.75) is 20.4 Å². The molecule has 0 saturated carbocycles. The summed E-state index contributed by atoms with van der Waals surface area (Å²) in [5.74, 6) is 1.01. The van der Waals surface area contributed by atoms with Crippen LogP contribution in [0.5, 0.6) is 0 Å². The largest absolute Gasteiger partial charge is 0.396 e. The van der Waals surface area contributed by atoms with Crippen molar-refractivity contribution >= 4 is 11.0 Å². The maximum Gasteiger partial charge on any atom is 0.106 e. The lowest BCUT2D eigenvalue weighted by atomic mass is 9.92. The van der Waals surface area contributed by atoms with Crippen LogP contribution in [0.4, 0.5) is 0 Å². The Kier molecular flexibility index (Phi) is 4.98. The van der Waals surface area contributed by atoms with E-state index in [9.17, 15) is 10.2 Å². The van der Waals surface area contributed by atoms with Crippen LogP contribution in [-0.4, -0.2) is 58.0 Å². The quantitative estimate of drug-likeness (QED) is 0.806. The average molecular weight is 291 g/mol. The first kappa shape index (κ1) is 15.9. The van der Waals surface area contributed by atoms with Crippen molar-refractivity contribution in [3.05, 3.63) is 30.1 Å². The van der Waals surface area contributed by atoms with Gasteiger partial charge in [0.05, 0.1) is 24.2 Å². The molecule has 2 rings (SSSR count). The number of aromatic nitrogens is 2. The number of para-hydroxylation sites is 2. The summed E-state index contributed by atoms with van der Waals surface area (Å²) in [5.41, 5.74) is 1.71. The number of aryl methyl sites for hydroxylation is 1. The lowest BCUT2D eigenvalue weighted by molar-refractivity contribution is 0.0413. The Morgan fingerprint density at radius 1 is 1.24 bits per heavy atom. The second kappa shape index (κ2) is 6.56. The number of likely N-dealkylation sites (N-methyl/N-ethyl adjacent to an activating group) is 1. The van der Waals surface area contributed by atoms with Crippen molar-refractivity contribution in [2.24, 2.45) is 5.41 Å². The van der Waals surface area contributed by atoms with Crippen molar-refractivity contribution < 1.29 is 10.2 Å². The van der Waals surface area contributed by atoms with Crippen molar-refractivity contribution in [1.29, 1.82) is 0 Å². The molecule has 0 spiro atoms. The molecule has 0 saturated heterocycles. The smallest absolute Gasteiger partial charge is 0.106 e. The van der Waals surface area contributed by atoms with Crippen LogP contribution in [-0.2, 0) is 6.54 Å². The van der Waals surface area contributed by atoms with Crippen molar-refractivity contribution in [3.63, 3.8) is 0 Å². The van der Waals surface area contributed by atoms with Gasteiger partial charge in [-0.1, -0.05) is 19.1 Å². The Morgan fingerprint density at radius 2 is 1.90 bits per heavy atom. The third-order valence-corrected chi connectivity index (χ3v) is 3.97. The van der Waals surface area contributed by atoms with Gasteiger partial charge in [0.15, 0.2) is 0 Å². The van der Waals surface area contributed by atoms with Crippen molar-refractivity contribution in [1.82, 2.24) is 14.5 Å². The van der Waals surface area contributed by atoms with E-state index in [0.29, 0.717) is 6.54 Å². The fraction of sp³-hybridized carbons (Fsp3) is 0.562. The van der Waals surface area contributed by atoms with E-state index >= 15 is 0 Å². The van der Waals surface area contributed by atoms with Gasteiger partial charge in [-0.05, 0) is 26.1 Å². The number of nitrogens with zero attached hydrogens (tertiary/aromatic N) is 3. The van der Waals surface area contributed by atoms with Gasteiger partial charge in [-0.25, -0.2) is 4.98 Å². The molecule has 0 atom stereocenters. The van der Waals surface area contributed by atoms with Gasteiger partial charge >= 0.3 is 0 Å². The molecule has 0 fully saturated rings. The van der Waals surface area contributed by atoms with Gasteiger partial charge in [0.1, 0.15) is 5.82 Å². The fourth-order valence-electron chi connectivity index (χ4n) is 2.63. The molecule has 2 aromatic rings. The summed E-state index contributed by atoms with van der Waals surface area (Å²) in [4.78, 5) is 6.70. The Balaban J connectivity index is 2.03. The number of fused-ring (bicyclic) bond motifs is 1. The minimum atomic E-state index is -0.458. The summed E-state index contributed by atoms with van der Waals surface area (Å²) in [7, 11) is 2.01. The molecule has 0 radical (unpaired) electrons. The molecule has 5 heteroatoms. The predicted molar refractivity (Wildman–Crippen MR) is 84.2 cm³/mol. The third kappa shape index (κ3) is 3.61. The van der Waals surface area contributed by atoms with Crippen LogP contribution < -0.4 is 0 Å². The zero-order valence-corrected chi connectivity index (χ0v) is 13.1. The predicted octanol–water partition coefficient (Wildman–Crippen LogP) is 1.27. The molecule has 5 nitrogen and oxygen atoms in total. The Bertz CT molecular complexity index is 590. The number of rotatable bonds is 7. The molecule has 0 aliphatic heterocycles. The van der Waals surface area contributed by atoms with E-state index in [1.54, 1.807) is 0 Å². The molecule has 1 aromatic heterocycles. The van der Waals surface area contributed by atoms with Gasteiger partial charge in [-0.15, -0.1) is 0 Å². The summed E-state index contributed by atoms with van der Waals surface area (Å²) in [6, 6.07) is 8.13. The summed E-state index contributed by atoms with van der Waals surface area (Å²) in [6.45, 7) is 6.23. The molecule has 116 valence electrons. The van der Waals surface area contributed by atoms with Crippen molar-refractivity contribution in [3.8, 4) is 0 Å². The van der Waals surface area contributed by atoms with Gasteiger partial charge in [-0.2, -0.15) is 0 Å².